The lowest BCUT2D eigenvalue weighted by Crippen LogP contribution is -2.45. The van der Waals surface area contributed by atoms with Gasteiger partial charge in [0.1, 0.15) is 0 Å². The fourth-order valence-corrected chi connectivity index (χ4v) is 4.61. The second-order valence-electron chi connectivity index (χ2n) is 6.80. The Morgan fingerprint density at radius 1 is 1.27 bits per heavy atom. The number of rotatable bonds is 5. The number of likely N-dealkylation sites (tertiary alicyclic amines) is 1. The van der Waals surface area contributed by atoms with Gasteiger partial charge in [-0.15, -0.1) is 11.3 Å². The number of fused-ring (bicyclic) bond motifs is 1. The average Bonchev–Trinajstić information content (AvgIpc) is 3.25. The summed E-state index contributed by atoms with van der Waals surface area (Å²) in [5.41, 5.74) is 3.00. The molecule has 1 unspecified atom stereocenters. The van der Waals surface area contributed by atoms with Gasteiger partial charge >= 0.3 is 0 Å². The molecular formula is C20H23N3O2S. The molecule has 5 nitrogen and oxygen atoms in total. The van der Waals surface area contributed by atoms with Crippen LogP contribution in [-0.4, -0.2) is 44.5 Å². The van der Waals surface area contributed by atoms with Crippen molar-refractivity contribution in [2.24, 2.45) is 0 Å². The van der Waals surface area contributed by atoms with Crippen molar-refractivity contribution in [1.82, 2.24) is 14.3 Å². The van der Waals surface area contributed by atoms with Gasteiger partial charge in [0, 0.05) is 42.0 Å². The summed E-state index contributed by atoms with van der Waals surface area (Å²) in [6, 6.07) is 10.3. The first-order valence-electron chi connectivity index (χ1n) is 9.17. The maximum absolute atomic E-state index is 12.9. The Hall–Kier alpha value is -2.18. The number of amides is 1. The molecule has 2 aromatic heterocycles. The zero-order valence-electron chi connectivity index (χ0n) is 14.7. The number of carbonyl (C=O) groups excluding carboxylic acids is 1. The second-order valence-corrected chi connectivity index (χ2v) is 7.63. The topological polar surface area (TPSA) is 57.8 Å². The van der Waals surface area contributed by atoms with Crippen LogP contribution in [0.3, 0.4) is 0 Å². The van der Waals surface area contributed by atoms with Crippen LogP contribution in [0.2, 0.25) is 0 Å². The molecule has 1 aliphatic heterocycles. The molecule has 1 atom stereocenters. The first-order valence-corrected chi connectivity index (χ1v) is 10.1. The van der Waals surface area contributed by atoms with Crippen LogP contribution in [0.15, 0.2) is 41.9 Å². The second kappa shape index (κ2) is 7.60. The Morgan fingerprint density at radius 2 is 2.12 bits per heavy atom. The molecule has 1 aliphatic rings. The Labute approximate surface area is 156 Å². The highest BCUT2D eigenvalue weighted by Gasteiger charge is 2.26. The standard InChI is InChI=1S/C20H23N3O2S/c24-11-9-16-8-4-5-10-22(16)19(25)12-17-14-26-20-21-18(13-23(17)20)15-6-2-1-3-7-15/h1-3,6-7,13-14,16,24H,4-5,8-12H2. The minimum atomic E-state index is 0.138. The summed E-state index contributed by atoms with van der Waals surface area (Å²) in [5, 5.41) is 11.3. The molecule has 3 aromatic rings. The van der Waals surface area contributed by atoms with Crippen LogP contribution in [0.1, 0.15) is 31.4 Å². The van der Waals surface area contributed by atoms with Crippen LogP contribution < -0.4 is 0 Å². The number of carbonyl (C=O) groups is 1. The summed E-state index contributed by atoms with van der Waals surface area (Å²) in [4.78, 5) is 20.5. The highest BCUT2D eigenvalue weighted by molar-refractivity contribution is 7.15. The molecule has 1 amide bonds. The molecule has 0 saturated carbocycles. The van der Waals surface area contributed by atoms with E-state index in [1.54, 1.807) is 11.3 Å². The van der Waals surface area contributed by atoms with Crippen molar-refractivity contribution in [3.05, 3.63) is 47.6 Å². The van der Waals surface area contributed by atoms with Gasteiger partial charge in [-0.3, -0.25) is 9.20 Å². The highest BCUT2D eigenvalue weighted by atomic mass is 32.1. The Balaban J connectivity index is 1.55. The predicted octanol–water partition coefficient (Wildman–Crippen LogP) is 3.37. The number of aliphatic hydroxyl groups excluding tert-OH is 1. The van der Waals surface area contributed by atoms with Gasteiger partial charge in [-0.2, -0.15) is 0 Å². The van der Waals surface area contributed by atoms with Gasteiger partial charge in [0.2, 0.25) is 5.91 Å². The van der Waals surface area contributed by atoms with E-state index in [1.807, 2.05) is 51.2 Å². The molecule has 1 aromatic carbocycles. The van der Waals surface area contributed by atoms with E-state index in [0.717, 1.165) is 47.7 Å². The number of hydrogen-bond donors (Lipinski definition) is 1. The van der Waals surface area contributed by atoms with Gasteiger partial charge in [-0.1, -0.05) is 30.3 Å². The van der Waals surface area contributed by atoms with Crippen molar-refractivity contribution >= 4 is 22.2 Å². The van der Waals surface area contributed by atoms with Gasteiger partial charge in [-0.25, -0.2) is 4.98 Å². The van der Waals surface area contributed by atoms with E-state index in [9.17, 15) is 9.90 Å². The lowest BCUT2D eigenvalue weighted by molar-refractivity contribution is -0.134. The van der Waals surface area contributed by atoms with Crippen molar-refractivity contribution in [2.75, 3.05) is 13.2 Å². The maximum Gasteiger partial charge on any atom is 0.228 e. The van der Waals surface area contributed by atoms with Crippen molar-refractivity contribution in [2.45, 2.75) is 38.1 Å². The predicted molar refractivity (Wildman–Crippen MR) is 103 cm³/mol. The van der Waals surface area contributed by atoms with Gasteiger partial charge in [0.05, 0.1) is 12.1 Å². The van der Waals surface area contributed by atoms with E-state index in [1.165, 1.54) is 0 Å². The quantitative estimate of drug-likeness (QED) is 0.750. The number of nitrogens with zero attached hydrogens (tertiary/aromatic N) is 3. The number of imidazole rings is 1. The smallest absolute Gasteiger partial charge is 0.228 e. The van der Waals surface area contributed by atoms with Crippen LogP contribution in [0.5, 0.6) is 0 Å². The Kier molecular flexibility index (Phi) is 5.04. The normalized spacial score (nSPS) is 17.7. The van der Waals surface area contributed by atoms with E-state index in [4.69, 9.17) is 4.98 Å². The molecule has 3 heterocycles. The summed E-state index contributed by atoms with van der Waals surface area (Å²) in [6.45, 7) is 0.940. The van der Waals surface area contributed by atoms with Crippen molar-refractivity contribution in [3.63, 3.8) is 0 Å². The third-order valence-corrected chi connectivity index (χ3v) is 5.98. The van der Waals surface area contributed by atoms with Crippen LogP contribution in [0.4, 0.5) is 0 Å². The number of benzene rings is 1. The number of hydrogen-bond acceptors (Lipinski definition) is 4. The largest absolute Gasteiger partial charge is 0.396 e. The molecule has 0 bridgehead atoms. The molecule has 6 heteroatoms. The zero-order chi connectivity index (χ0) is 17.9. The molecule has 1 fully saturated rings. The number of aromatic nitrogens is 2. The first-order chi connectivity index (χ1) is 12.8. The lowest BCUT2D eigenvalue weighted by Gasteiger charge is -2.35. The minimum Gasteiger partial charge on any atom is -0.396 e. The third-order valence-electron chi connectivity index (χ3n) is 5.10. The van der Waals surface area contributed by atoms with Gasteiger partial charge in [0.25, 0.3) is 0 Å². The van der Waals surface area contributed by atoms with Crippen LogP contribution in [-0.2, 0) is 11.2 Å². The molecule has 26 heavy (non-hydrogen) atoms. The molecule has 136 valence electrons. The van der Waals surface area contributed by atoms with Gasteiger partial charge < -0.3 is 10.0 Å². The molecule has 4 rings (SSSR count). The van der Waals surface area contributed by atoms with E-state index in [-0.39, 0.29) is 18.6 Å². The first kappa shape index (κ1) is 17.2. The summed E-state index contributed by atoms with van der Waals surface area (Å²) in [6.07, 6.45) is 6.26. The van der Waals surface area contributed by atoms with Crippen LogP contribution in [0.25, 0.3) is 16.2 Å². The highest BCUT2D eigenvalue weighted by Crippen LogP contribution is 2.25. The maximum atomic E-state index is 12.9. The Morgan fingerprint density at radius 3 is 2.92 bits per heavy atom. The van der Waals surface area contributed by atoms with E-state index in [0.29, 0.717) is 12.8 Å². The molecule has 1 N–H and O–H groups in total. The fourth-order valence-electron chi connectivity index (χ4n) is 3.74. The van der Waals surface area contributed by atoms with Crippen LogP contribution in [0, 0.1) is 0 Å². The van der Waals surface area contributed by atoms with Crippen LogP contribution >= 0.6 is 11.3 Å². The molecular weight excluding hydrogens is 346 g/mol. The van der Waals surface area contributed by atoms with Gasteiger partial charge in [0.15, 0.2) is 4.96 Å². The van der Waals surface area contributed by atoms with E-state index >= 15 is 0 Å². The minimum absolute atomic E-state index is 0.138. The van der Waals surface area contributed by atoms with Crippen molar-refractivity contribution < 1.29 is 9.90 Å². The van der Waals surface area contributed by atoms with Gasteiger partial charge in [-0.05, 0) is 25.7 Å². The number of aliphatic hydroxyl groups is 1. The van der Waals surface area contributed by atoms with Crippen molar-refractivity contribution in [1.29, 1.82) is 0 Å². The molecule has 1 saturated heterocycles. The third kappa shape index (κ3) is 3.39. The van der Waals surface area contributed by atoms with E-state index < -0.39 is 0 Å². The number of thiazole rings is 1. The summed E-state index contributed by atoms with van der Waals surface area (Å²) >= 11 is 1.57. The zero-order valence-corrected chi connectivity index (χ0v) is 15.5. The fraction of sp³-hybridized carbons (Fsp3) is 0.400. The number of piperidine rings is 1. The Bertz CT molecular complexity index is 885. The summed E-state index contributed by atoms with van der Waals surface area (Å²) in [7, 11) is 0. The van der Waals surface area contributed by atoms with E-state index in [2.05, 4.69) is 0 Å². The molecule has 0 radical (unpaired) electrons. The summed E-state index contributed by atoms with van der Waals surface area (Å²) < 4.78 is 2.04. The SMILES string of the molecule is O=C(Cc1csc2nc(-c3ccccc3)cn12)N1CCCCC1CCO. The molecule has 0 spiro atoms. The van der Waals surface area contributed by atoms with Crippen molar-refractivity contribution in [3.8, 4) is 11.3 Å². The summed E-state index contributed by atoms with van der Waals surface area (Å²) in [5.74, 6) is 0.151. The lowest BCUT2D eigenvalue weighted by atomic mass is 9.99. The average molecular weight is 369 g/mol. The molecule has 0 aliphatic carbocycles. The monoisotopic (exact) mass is 369 g/mol.